The van der Waals surface area contributed by atoms with Gasteiger partial charge in [0, 0.05) is 30.0 Å². The summed E-state index contributed by atoms with van der Waals surface area (Å²) in [6, 6.07) is 14.0. The topological polar surface area (TPSA) is 66.8 Å². The predicted octanol–water partition coefficient (Wildman–Crippen LogP) is 3.39. The molecule has 3 heterocycles. The summed E-state index contributed by atoms with van der Waals surface area (Å²) in [5, 5.41) is 7.46. The van der Waals surface area contributed by atoms with E-state index in [4.69, 9.17) is 4.84 Å². The fraction of sp³-hybridized carbons (Fsp3) is 0.348. The van der Waals surface area contributed by atoms with E-state index >= 15 is 0 Å². The van der Waals surface area contributed by atoms with E-state index in [2.05, 4.69) is 26.9 Å². The molecule has 6 heteroatoms. The Labute approximate surface area is 171 Å². The number of aromatic nitrogens is 1. The van der Waals surface area contributed by atoms with Crippen molar-refractivity contribution in [3.63, 3.8) is 0 Å². The Hall–Kier alpha value is -2.99. The highest BCUT2D eigenvalue weighted by atomic mass is 16.7. The van der Waals surface area contributed by atoms with Crippen molar-refractivity contribution in [2.24, 2.45) is 5.16 Å². The van der Waals surface area contributed by atoms with Gasteiger partial charge in [-0.1, -0.05) is 42.1 Å². The van der Waals surface area contributed by atoms with Gasteiger partial charge in [0.1, 0.15) is 5.82 Å². The molecule has 0 saturated carbocycles. The maximum absolute atomic E-state index is 12.4. The molecular formula is C23H26N4O2. The average molecular weight is 390 g/mol. The smallest absolute Gasteiger partial charge is 0.230 e. The minimum atomic E-state index is -0.901. The summed E-state index contributed by atoms with van der Waals surface area (Å²) in [6.07, 6.45) is 4.01. The van der Waals surface area contributed by atoms with Gasteiger partial charge in [0.25, 0.3) is 0 Å². The highest BCUT2D eigenvalue weighted by molar-refractivity contribution is 6.49. The van der Waals surface area contributed by atoms with Crippen LogP contribution in [-0.4, -0.2) is 41.2 Å². The van der Waals surface area contributed by atoms with Gasteiger partial charge in [-0.15, -0.1) is 0 Å². The molecule has 2 aliphatic rings. The summed E-state index contributed by atoms with van der Waals surface area (Å²) in [5.74, 6) is 0.785. The zero-order valence-corrected chi connectivity index (χ0v) is 16.9. The molecule has 1 aromatic heterocycles. The summed E-state index contributed by atoms with van der Waals surface area (Å²) < 4.78 is 0. The van der Waals surface area contributed by atoms with E-state index in [0.717, 1.165) is 48.6 Å². The maximum Gasteiger partial charge on any atom is 0.230 e. The molecule has 4 rings (SSSR count). The van der Waals surface area contributed by atoms with Gasteiger partial charge in [0.15, 0.2) is 11.3 Å². The minimum Gasteiger partial charge on any atom is -0.381 e. The van der Waals surface area contributed by atoms with E-state index in [1.54, 1.807) is 20.0 Å². The molecule has 1 saturated heterocycles. The van der Waals surface area contributed by atoms with Crippen molar-refractivity contribution in [2.45, 2.75) is 38.3 Å². The Bertz CT molecular complexity index is 929. The lowest BCUT2D eigenvalue weighted by molar-refractivity contribution is -0.128. The molecule has 2 aliphatic heterocycles. The maximum atomic E-state index is 12.4. The standard InChI is InChI=1S/C23H26N4O2/c1-16(27(19-7-6-13-24-15-19)20-8-4-5-14-25-20)17-9-11-18(12-10-17)21-22(28)23(2,3)29-26-21/h4-5,8-12,14,19,24H,1,6-7,13,15H2,2-3H3. The normalized spacial score (nSPS) is 20.7. The summed E-state index contributed by atoms with van der Waals surface area (Å²) in [5.41, 5.74) is 2.09. The number of oxime groups is 1. The number of benzene rings is 1. The average Bonchev–Trinajstić information content (AvgIpc) is 3.02. The summed E-state index contributed by atoms with van der Waals surface area (Å²) in [4.78, 5) is 24.5. The van der Waals surface area contributed by atoms with Crippen molar-refractivity contribution in [2.75, 3.05) is 18.0 Å². The molecule has 1 fully saturated rings. The Balaban J connectivity index is 1.60. The first kappa shape index (κ1) is 19.3. The lowest BCUT2D eigenvalue weighted by Gasteiger charge is -2.37. The highest BCUT2D eigenvalue weighted by Gasteiger charge is 2.40. The van der Waals surface area contributed by atoms with Crippen LogP contribution in [0, 0.1) is 0 Å². The predicted molar refractivity (Wildman–Crippen MR) is 115 cm³/mol. The quantitative estimate of drug-likeness (QED) is 0.848. The van der Waals surface area contributed by atoms with Gasteiger partial charge in [-0.2, -0.15) is 0 Å². The first-order chi connectivity index (χ1) is 14.0. The van der Waals surface area contributed by atoms with Crippen LogP contribution < -0.4 is 10.2 Å². The number of anilines is 1. The third-order valence-electron chi connectivity index (χ3n) is 5.44. The highest BCUT2D eigenvalue weighted by Crippen LogP contribution is 2.29. The Kier molecular flexibility index (Phi) is 5.20. The fourth-order valence-corrected chi connectivity index (χ4v) is 3.77. The van der Waals surface area contributed by atoms with Gasteiger partial charge >= 0.3 is 0 Å². The number of Topliss-reactive ketones (excluding diaryl/α,β-unsaturated/α-hetero) is 1. The van der Waals surface area contributed by atoms with E-state index in [9.17, 15) is 4.79 Å². The molecule has 0 bridgehead atoms. The molecule has 6 nitrogen and oxygen atoms in total. The van der Waals surface area contributed by atoms with Crippen LogP contribution >= 0.6 is 0 Å². The number of piperidine rings is 1. The van der Waals surface area contributed by atoms with E-state index < -0.39 is 5.60 Å². The number of carbonyl (C=O) groups is 1. The third-order valence-corrected chi connectivity index (χ3v) is 5.44. The van der Waals surface area contributed by atoms with E-state index in [1.165, 1.54) is 0 Å². The molecule has 1 aromatic carbocycles. The summed E-state index contributed by atoms with van der Waals surface area (Å²) in [7, 11) is 0. The van der Waals surface area contributed by atoms with Crippen molar-refractivity contribution in [3.8, 4) is 0 Å². The number of ketones is 1. The van der Waals surface area contributed by atoms with Crippen LogP contribution in [0.2, 0.25) is 0 Å². The number of nitrogens with zero attached hydrogens (tertiary/aromatic N) is 3. The molecule has 1 atom stereocenters. The Morgan fingerprint density at radius 3 is 2.62 bits per heavy atom. The fourth-order valence-electron chi connectivity index (χ4n) is 3.77. The van der Waals surface area contributed by atoms with Crippen molar-refractivity contribution in [1.82, 2.24) is 10.3 Å². The second kappa shape index (κ2) is 7.79. The van der Waals surface area contributed by atoms with Crippen molar-refractivity contribution in [3.05, 3.63) is 66.4 Å². The first-order valence-corrected chi connectivity index (χ1v) is 9.99. The molecule has 1 unspecified atom stereocenters. The second-order valence-electron chi connectivity index (χ2n) is 7.95. The third kappa shape index (κ3) is 3.80. The zero-order chi connectivity index (χ0) is 20.4. The summed E-state index contributed by atoms with van der Waals surface area (Å²) >= 11 is 0. The van der Waals surface area contributed by atoms with Gasteiger partial charge in [0.05, 0.1) is 0 Å². The molecule has 1 N–H and O–H groups in total. The summed E-state index contributed by atoms with van der Waals surface area (Å²) in [6.45, 7) is 9.77. The Morgan fingerprint density at radius 1 is 1.24 bits per heavy atom. The molecule has 0 radical (unpaired) electrons. The largest absolute Gasteiger partial charge is 0.381 e. The number of hydrogen-bond acceptors (Lipinski definition) is 6. The SMILES string of the molecule is C=C(c1ccc(C2=NOC(C)(C)C2=O)cc1)N(c1ccccn1)C1CCCNC1. The van der Waals surface area contributed by atoms with Gasteiger partial charge in [-0.3, -0.25) is 4.79 Å². The van der Waals surface area contributed by atoms with E-state index in [0.29, 0.717) is 11.8 Å². The monoisotopic (exact) mass is 390 g/mol. The van der Waals surface area contributed by atoms with Gasteiger partial charge in [-0.05, 0) is 50.9 Å². The van der Waals surface area contributed by atoms with Gasteiger partial charge in [0.2, 0.25) is 5.78 Å². The van der Waals surface area contributed by atoms with E-state index in [1.807, 2.05) is 42.5 Å². The molecule has 150 valence electrons. The molecule has 2 aromatic rings. The van der Waals surface area contributed by atoms with Crippen LogP contribution in [0.5, 0.6) is 0 Å². The van der Waals surface area contributed by atoms with Crippen molar-refractivity contribution >= 4 is 23.0 Å². The van der Waals surface area contributed by atoms with Crippen LogP contribution in [0.4, 0.5) is 5.82 Å². The second-order valence-corrected chi connectivity index (χ2v) is 7.95. The number of nitrogens with one attached hydrogen (secondary N) is 1. The molecule has 29 heavy (non-hydrogen) atoms. The Morgan fingerprint density at radius 2 is 2.03 bits per heavy atom. The minimum absolute atomic E-state index is 0.104. The molecular weight excluding hydrogens is 364 g/mol. The van der Waals surface area contributed by atoms with E-state index in [-0.39, 0.29) is 5.78 Å². The molecule has 0 amide bonds. The number of rotatable bonds is 5. The lowest BCUT2D eigenvalue weighted by Crippen LogP contribution is -2.45. The number of pyridine rings is 1. The van der Waals surface area contributed by atoms with Crippen molar-refractivity contribution in [1.29, 1.82) is 0 Å². The van der Waals surface area contributed by atoms with Crippen LogP contribution in [0.1, 0.15) is 37.8 Å². The van der Waals surface area contributed by atoms with Gasteiger partial charge in [-0.25, -0.2) is 4.98 Å². The van der Waals surface area contributed by atoms with Crippen LogP contribution in [-0.2, 0) is 9.63 Å². The zero-order valence-electron chi connectivity index (χ0n) is 16.9. The first-order valence-electron chi connectivity index (χ1n) is 9.99. The number of hydrogen-bond donors (Lipinski definition) is 1. The van der Waals surface area contributed by atoms with Crippen LogP contribution in [0.15, 0.2) is 60.4 Å². The van der Waals surface area contributed by atoms with Crippen molar-refractivity contribution < 1.29 is 9.63 Å². The molecule has 0 aliphatic carbocycles. The van der Waals surface area contributed by atoms with Gasteiger partial charge < -0.3 is 15.1 Å². The molecule has 0 spiro atoms. The van der Waals surface area contributed by atoms with Crippen LogP contribution in [0.3, 0.4) is 0 Å². The lowest BCUT2D eigenvalue weighted by atomic mass is 9.95. The van der Waals surface area contributed by atoms with Crippen LogP contribution in [0.25, 0.3) is 5.70 Å². The number of carbonyl (C=O) groups excluding carboxylic acids is 1.